The Labute approximate surface area is 118 Å². The first kappa shape index (κ1) is 13.9. The van der Waals surface area contributed by atoms with Crippen LogP contribution in [0.25, 0.3) is 0 Å². The highest BCUT2D eigenvalue weighted by Gasteiger charge is 2.27. The zero-order valence-corrected chi connectivity index (χ0v) is 12.8. The molecule has 1 atom stereocenters. The highest BCUT2D eigenvalue weighted by atomic mass is 35.5. The molecule has 0 saturated heterocycles. The lowest BCUT2D eigenvalue weighted by atomic mass is 9.99. The monoisotopic (exact) mass is 285 g/mol. The lowest BCUT2D eigenvalue weighted by Crippen LogP contribution is -2.48. The van der Waals surface area contributed by atoms with Crippen LogP contribution >= 0.6 is 22.9 Å². The van der Waals surface area contributed by atoms with Gasteiger partial charge in [0.05, 0.1) is 15.8 Å². The number of carbonyl (C=O) groups excluding carboxylic acids is 1. The topological polar surface area (TPSA) is 29.1 Å². The second-order valence-electron chi connectivity index (χ2n) is 5.56. The maximum Gasteiger partial charge on any atom is 0.261 e. The highest BCUT2D eigenvalue weighted by molar-refractivity contribution is 7.14. The van der Waals surface area contributed by atoms with Crippen LogP contribution < -0.4 is 5.32 Å². The molecule has 1 N–H and O–H groups in total. The summed E-state index contributed by atoms with van der Waals surface area (Å²) in [5.74, 6) is 0.00639. The van der Waals surface area contributed by atoms with Gasteiger partial charge in [-0.25, -0.2) is 0 Å². The highest BCUT2D eigenvalue weighted by Crippen LogP contribution is 2.30. The molecule has 1 aliphatic rings. The minimum Gasteiger partial charge on any atom is -0.345 e. The first-order valence-corrected chi connectivity index (χ1v) is 7.73. The van der Waals surface area contributed by atoms with Crippen LogP contribution in [0.5, 0.6) is 0 Å². The van der Waals surface area contributed by atoms with E-state index in [4.69, 9.17) is 11.6 Å². The van der Waals surface area contributed by atoms with Crippen LogP contribution in [0.4, 0.5) is 0 Å². The smallest absolute Gasteiger partial charge is 0.261 e. The fraction of sp³-hybridized carbons (Fsp3) is 0.643. The molecule has 18 heavy (non-hydrogen) atoms. The quantitative estimate of drug-likeness (QED) is 0.842. The Hall–Kier alpha value is -0.540. The number of amides is 1. The first-order valence-electron chi connectivity index (χ1n) is 6.48. The molecule has 1 aromatic heterocycles. The lowest BCUT2D eigenvalue weighted by Gasteiger charge is -2.28. The molecule has 0 bridgehead atoms. The van der Waals surface area contributed by atoms with Gasteiger partial charge in [-0.2, -0.15) is 0 Å². The van der Waals surface area contributed by atoms with Gasteiger partial charge in [0.1, 0.15) is 0 Å². The number of carbonyl (C=O) groups is 1. The van der Waals surface area contributed by atoms with Crippen LogP contribution in [-0.2, 0) is 12.8 Å². The molecule has 0 spiro atoms. The average Bonchev–Trinajstić information content (AvgIpc) is 2.71. The second kappa shape index (κ2) is 5.22. The van der Waals surface area contributed by atoms with Crippen molar-refractivity contribution in [1.29, 1.82) is 0 Å². The summed E-state index contributed by atoms with van der Waals surface area (Å²) in [5, 5.41) is 2.92. The minimum absolute atomic E-state index is 0.00639. The van der Waals surface area contributed by atoms with Gasteiger partial charge in [-0.05, 0) is 58.1 Å². The molecule has 1 heterocycles. The molecule has 2 rings (SSSR count). The van der Waals surface area contributed by atoms with Gasteiger partial charge in [-0.15, -0.1) is 22.9 Å². The predicted molar refractivity (Wildman–Crippen MR) is 77.8 cm³/mol. The molecule has 0 fully saturated rings. The summed E-state index contributed by atoms with van der Waals surface area (Å²) in [6.07, 6.45) is 4.74. The molecule has 0 aromatic carbocycles. The normalized spacial score (nSPS) is 17.1. The van der Waals surface area contributed by atoms with Crippen molar-refractivity contribution >= 4 is 28.8 Å². The number of nitrogens with one attached hydrogen (secondary N) is 1. The molecular formula is C14H20ClNOS. The predicted octanol–water partition coefficient (Wildman–Crippen LogP) is 3.76. The zero-order chi connectivity index (χ0) is 13.3. The Morgan fingerprint density at radius 1 is 1.44 bits per heavy atom. The molecule has 0 saturated carbocycles. The Morgan fingerprint density at radius 2 is 2.11 bits per heavy atom. The lowest BCUT2D eigenvalue weighted by molar-refractivity contribution is 0.0916. The van der Waals surface area contributed by atoms with E-state index in [9.17, 15) is 4.79 Å². The summed E-state index contributed by atoms with van der Waals surface area (Å²) in [6, 6.07) is 2.06. The van der Waals surface area contributed by atoms with Crippen molar-refractivity contribution in [2.45, 2.75) is 57.4 Å². The molecule has 1 amide bonds. The summed E-state index contributed by atoms with van der Waals surface area (Å²) >= 11 is 7.73. The van der Waals surface area contributed by atoms with Crippen LogP contribution in [0.1, 0.15) is 53.7 Å². The summed E-state index contributed by atoms with van der Waals surface area (Å²) in [5.41, 5.74) is 0.983. The van der Waals surface area contributed by atoms with E-state index in [-0.39, 0.29) is 16.8 Å². The third-order valence-corrected chi connectivity index (χ3v) is 5.43. The standard InChI is InChI=1S/C14H20ClNOS/c1-9(15)14(2,3)16-13(17)12-8-10-6-4-5-7-11(10)18-12/h8-9H,4-7H2,1-3H3,(H,16,17). The maximum atomic E-state index is 12.2. The third kappa shape index (κ3) is 2.89. The number of hydrogen-bond acceptors (Lipinski definition) is 2. The Balaban J connectivity index is 2.12. The maximum absolute atomic E-state index is 12.2. The minimum atomic E-state index is -0.386. The van der Waals surface area contributed by atoms with E-state index in [1.165, 1.54) is 23.3 Å². The van der Waals surface area contributed by atoms with Gasteiger partial charge >= 0.3 is 0 Å². The van der Waals surface area contributed by atoms with Crippen molar-refractivity contribution < 1.29 is 4.79 Å². The molecule has 0 radical (unpaired) electrons. The van der Waals surface area contributed by atoms with E-state index in [2.05, 4.69) is 11.4 Å². The first-order chi connectivity index (χ1) is 8.40. The van der Waals surface area contributed by atoms with Crippen LogP contribution in [0, 0.1) is 0 Å². The fourth-order valence-corrected chi connectivity index (χ4v) is 3.26. The SMILES string of the molecule is CC(Cl)C(C)(C)NC(=O)c1cc2c(s1)CCCC2. The van der Waals surface area contributed by atoms with Crippen LogP contribution in [0.2, 0.25) is 0 Å². The summed E-state index contributed by atoms with van der Waals surface area (Å²) < 4.78 is 0. The van der Waals surface area contributed by atoms with Crippen LogP contribution in [-0.4, -0.2) is 16.8 Å². The van der Waals surface area contributed by atoms with Gasteiger partial charge in [-0.1, -0.05) is 0 Å². The largest absolute Gasteiger partial charge is 0.345 e. The second-order valence-corrected chi connectivity index (χ2v) is 7.35. The van der Waals surface area contributed by atoms with E-state index < -0.39 is 0 Å². The van der Waals surface area contributed by atoms with E-state index >= 15 is 0 Å². The van der Waals surface area contributed by atoms with E-state index in [0.717, 1.165) is 17.7 Å². The molecule has 4 heteroatoms. The number of thiophene rings is 1. The number of alkyl halides is 1. The van der Waals surface area contributed by atoms with Crippen molar-refractivity contribution in [1.82, 2.24) is 5.32 Å². The number of hydrogen-bond donors (Lipinski definition) is 1. The van der Waals surface area contributed by atoms with E-state index in [1.54, 1.807) is 11.3 Å². The Kier molecular flexibility index (Phi) is 4.02. The number of fused-ring (bicyclic) bond motifs is 1. The summed E-state index contributed by atoms with van der Waals surface area (Å²) in [4.78, 5) is 14.4. The molecule has 0 aliphatic heterocycles. The summed E-state index contributed by atoms with van der Waals surface area (Å²) in [7, 11) is 0. The number of halogens is 1. The van der Waals surface area contributed by atoms with Crippen molar-refractivity contribution in [3.05, 3.63) is 21.4 Å². The van der Waals surface area contributed by atoms with Crippen LogP contribution in [0.15, 0.2) is 6.07 Å². The fourth-order valence-electron chi connectivity index (χ4n) is 2.06. The van der Waals surface area contributed by atoms with Crippen molar-refractivity contribution in [3.63, 3.8) is 0 Å². The molecule has 1 aliphatic carbocycles. The van der Waals surface area contributed by atoms with Gasteiger partial charge in [0, 0.05) is 4.88 Å². The molecular weight excluding hydrogens is 266 g/mol. The third-order valence-electron chi connectivity index (χ3n) is 3.65. The number of aryl methyl sites for hydroxylation is 2. The summed E-state index contributed by atoms with van der Waals surface area (Å²) in [6.45, 7) is 5.81. The van der Waals surface area contributed by atoms with Gasteiger partial charge < -0.3 is 5.32 Å². The molecule has 100 valence electrons. The Morgan fingerprint density at radius 3 is 2.72 bits per heavy atom. The molecule has 1 aromatic rings. The van der Waals surface area contributed by atoms with Gasteiger partial charge in [-0.3, -0.25) is 4.79 Å². The van der Waals surface area contributed by atoms with E-state index in [0.29, 0.717) is 0 Å². The Bertz CT molecular complexity index is 427. The molecule has 1 unspecified atom stereocenters. The van der Waals surface area contributed by atoms with Gasteiger partial charge in [0.2, 0.25) is 0 Å². The van der Waals surface area contributed by atoms with Crippen molar-refractivity contribution in [3.8, 4) is 0 Å². The van der Waals surface area contributed by atoms with Crippen molar-refractivity contribution in [2.24, 2.45) is 0 Å². The zero-order valence-electron chi connectivity index (χ0n) is 11.2. The van der Waals surface area contributed by atoms with Gasteiger partial charge in [0.25, 0.3) is 5.91 Å². The van der Waals surface area contributed by atoms with Gasteiger partial charge in [0.15, 0.2) is 0 Å². The van der Waals surface area contributed by atoms with Crippen molar-refractivity contribution in [2.75, 3.05) is 0 Å². The van der Waals surface area contributed by atoms with Crippen LogP contribution in [0.3, 0.4) is 0 Å². The van der Waals surface area contributed by atoms with E-state index in [1.807, 2.05) is 20.8 Å². The average molecular weight is 286 g/mol. The molecule has 2 nitrogen and oxygen atoms in total. The number of rotatable bonds is 3.